The van der Waals surface area contributed by atoms with Crippen LogP contribution in [0.4, 0.5) is 5.82 Å². The van der Waals surface area contributed by atoms with Crippen LogP contribution in [0.3, 0.4) is 0 Å². The van der Waals surface area contributed by atoms with Crippen molar-refractivity contribution in [1.29, 1.82) is 0 Å². The molecule has 21 heavy (non-hydrogen) atoms. The van der Waals surface area contributed by atoms with Crippen LogP contribution in [-0.4, -0.2) is 48.7 Å². The molecule has 1 amide bonds. The van der Waals surface area contributed by atoms with Gasteiger partial charge in [-0.05, 0) is 19.3 Å². The van der Waals surface area contributed by atoms with Crippen molar-refractivity contribution >= 4 is 11.7 Å². The first-order valence-corrected chi connectivity index (χ1v) is 7.69. The minimum absolute atomic E-state index is 0.0445. The van der Waals surface area contributed by atoms with E-state index in [0.717, 1.165) is 57.9 Å². The lowest BCUT2D eigenvalue weighted by atomic mass is 9.97. The van der Waals surface area contributed by atoms with E-state index in [0.29, 0.717) is 5.92 Å². The Bertz CT molecular complexity index is 462. The molecule has 6 heteroatoms. The Kier molecular flexibility index (Phi) is 4.65. The van der Waals surface area contributed by atoms with E-state index in [4.69, 9.17) is 4.74 Å². The van der Waals surface area contributed by atoms with E-state index in [2.05, 4.69) is 20.2 Å². The second-order valence-corrected chi connectivity index (χ2v) is 5.82. The van der Waals surface area contributed by atoms with Crippen LogP contribution < -0.4 is 10.2 Å². The van der Waals surface area contributed by atoms with Gasteiger partial charge in [-0.15, -0.1) is 0 Å². The molecule has 0 aliphatic carbocycles. The van der Waals surface area contributed by atoms with Crippen LogP contribution >= 0.6 is 0 Å². The highest BCUT2D eigenvalue weighted by Gasteiger charge is 2.27. The second-order valence-electron chi connectivity index (χ2n) is 5.82. The normalized spacial score (nSPS) is 25.8. The molecule has 114 valence electrons. The van der Waals surface area contributed by atoms with E-state index in [-0.39, 0.29) is 11.8 Å². The first kappa shape index (κ1) is 14.3. The third-order valence-electron chi connectivity index (χ3n) is 4.25. The molecule has 0 saturated carbocycles. The summed E-state index contributed by atoms with van der Waals surface area (Å²) in [5.41, 5.74) is 0. The highest BCUT2D eigenvalue weighted by molar-refractivity contribution is 5.79. The molecule has 2 aliphatic rings. The van der Waals surface area contributed by atoms with Gasteiger partial charge in [0.15, 0.2) is 0 Å². The summed E-state index contributed by atoms with van der Waals surface area (Å²) in [6.07, 6.45) is 8.14. The molecule has 1 aromatic rings. The number of carbonyl (C=O) groups excluding carboxylic acids is 1. The Balaban J connectivity index is 1.51. The molecular weight excluding hydrogens is 268 g/mol. The van der Waals surface area contributed by atoms with Crippen LogP contribution in [0.15, 0.2) is 18.6 Å². The first-order chi connectivity index (χ1) is 10.3. The van der Waals surface area contributed by atoms with Gasteiger partial charge in [-0.2, -0.15) is 0 Å². The predicted molar refractivity (Wildman–Crippen MR) is 78.9 cm³/mol. The lowest BCUT2D eigenvalue weighted by molar-refractivity contribution is -0.125. The lowest BCUT2D eigenvalue weighted by Crippen LogP contribution is -2.44. The molecule has 0 bridgehead atoms. The predicted octanol–water partition coefficient (Wildman–Crippen LogP) is 0.846. The van der Waals surface area contributed by atoms with Gasteiger partial charge in [0.25, 0.3) is 0 Å². The Labute approximate surface area is 124 Å². The van der Waals surface area contributed by atoms with Crippen molar-refractivity contribution in [3.05, 3.63) is 18.6 Å². The third kappa shape index (κ3) is 3.69. The maximum atomic E-state index is 12.3. The minimum atomic E-state index is 0.0445. The summed E-state index contributed by atoms with van der Waals surface area (Å²) in [7, 11) is 0. The van der Waals surface area contributed by atoms with Gasteiger partial charge in [0.2, 0.25) is 5.91 Å². The standard InChI is InChI=1S/C15H22N4O2/c20-15(18-8-12-3-7-21-11-12)13-2-1-6-19(10-13)14-9-16-4-5-17-14/h4-5,9,12-13H,1-3,6-8,10-11H2,(H,18,20)/t12-,13-/m1/s1. The quantitative estimate of drug-likeness (QED) is 0.890. The number of piperidine rings is 1. The summed E-state index contributed by atoms with van der Waals surface area (Å²) >= 11 is 0. The van der Waals surface area contributed by atoms with Crippen LogP contribution in [0.1, 0.15) is 19.3 Å². The Morgan fingerprint density at radius 2 is 2.38 bits per heavy atom. The topological polar surface area (TPSA) is 67.3 Å². The number of ether oxygens (including phenoxy) is 1. The molecule has 2 saturated heterocycles. The second kappa shape index (κ2) is 6.85. The number of hydrogen-bond donors (Lipinski definition) is 1. The van der Waals surface area contributed by atoms with E-state index in [1.54, 1.807) is 18.6 Å². The van der Waals surface area contributed by atoms with Crippen LogP contribution in [0.5, 0.6) is 0 Å². The monoisotopic (exact) mass is 290 g/mol. The number of carbonyl (C=O) groups is 1. The average Bonchev–Trinajstić information content (AvgIpc) is 3.07. The van der Waals surface area contributed by atoms with Crippen molar-refractivity contribution in [2.75, 3.05) is 37.7 Å². The maximum absolute atomic E-state index is 12.3. The fourth-order valence-electron chi connectivity index (χ4n) is 2.99. The van der Waals surface area contributed by atoms with E-state index in [1.165, 1.54) is 0 Å². The van der Waals surface area contributed by atoms with E-state index < -0.39 is 0 Å². The first-order valence-electron chi connectivity index (χ1n) is 7.69. The Morgan fingerprint density at radius 3 is 3.14 bits per heavy atom. The molecule has 0 aromatic carbocycles. The van der Waals surface area contributed by atoms with Gasteiger partial charge in [-0.1, -0.05) is 0 Å². The van der Waals surface area contributed by atoms with Crippen molar-refractivity contribution in [3.63, 3.8) is 0 Å². The van der Waals surface area contributed by atoms with Gasteiger partial charge in [0, 0.05) is 44.6 Å². The lowest BCUT2D eigenvalue weighted by Gasteiger charge is -2.32. The molecule has 3 heterocycles. The van der Waals surface area contributed by atoms with E-state index in [9.17, 15) is 4.79 Å². The Morgan fingerprint density at radius 1 is 1.43 bits per heavy atom. The van der Waals surface area contributed by atoms with Crippen molar-refractivity contribution in [2.24, 2.45) is 11.8 Å². The number of hydrogen-bond acceptors (Lipinski definition) is 5. The molecule has 2 aliphatic heterocycles. The van der Waals surface area contributed by atoms with Crippen molar-refractivity contribution in [1.82, 2.24) is 15.3 Å². The smallest absolute Gasteiger partial charge is 0.224 e. The van der Waals surface area contributed by atoms with Crippen LogP contribution in [-0.2, 0) is 9.53 Å². The fraction of sp³-hybridized carbons (Fsp3) is 0.667. The zero-order valence-electron chi connectivity index (χ0n) is 12.2. The van der Waals surface area contributed by atoms with Gasteiger partial charge in [0.05, 0.1) is 18.7 Å². The molecule has 1 N–H and O–H groups in total. The van der Waals surface area contributed by atoms with Crippen LogP contribution in [0, 0.1) is 11.8 Å². The van der Waals surface area contributed by atoms with Gasteiger partial charge in [-0.25, -0.2) is 4.98 Å². The van der Waals surface area contributed by atoms with Crippen molar-refractivity contribution in [3.8, 4) is 0 Å². The summed E-state index contributed by atoms with van der Waals surface area (Å²) in [5, 5.41) is 3.08. The van der Waals surface area contributed by atoms with Crippen molar-refractivity contribution in [2.45, 2.75) is 19.3 Å². The van der Waals surface area contributed by atoms with Gasteiger partial charge < -0.3 is 15.0 Å². The molecular formula is C15H22N4O2. The molecule has 3 rings (SSSR count). The molecule has 0 spiro atoms. The summed E-state index contributed by atoms with van der Waals surface area (Å²) in [6.45, 7) is 4.01. The highest BCUT2D eigenvalue weighted by Crippen LogP contribution is 2.21. The molecule has 1 aromatic heterocycles. The molecule has 0 radical (unpaired) electrons. The van der Waals surface area contributed by atoms with Crippen molar-refractivity contribution < 1.29 is 9.53 Å². The summed E-state index contributed by atoms with van der Waals surface area (Å²) in [6, 6.07) is 0. The summed E-state index contributed by atoms with van der Waals surface area (Å²) in [5.74, 6) is 1.55. The van der Waals surface area contributed by atoms with Crippen LogP contribution in [0.25, 0.3) is 0 Å². The van der Waals surface area contributed by atoms with Crippen LogP contribution in [0.2, 0.25) is 0 Å². The number of amides is 1. The summed E-state index contributed by atoms with van der Waals surface area (Å²) < 4.78 is 5.34. The fourth-order valence-corrected chi connectivity index (χ4v) is 2.99. The molecule has 2 fully saturated rings. The van der Waals surface area contributed by atoms with E-state index in [1.807, 2.05) is 0 Å². The Hall–Kier alpha value is -1.69. The third-order valence-corrected chi connectivity index (χ3v) is 4.25. The van der Waals surface area contributed by atoms with Gasteiger partial charge in [-0.3, -0.25) is 9.78 Å². The SMILES string of the molecule is O=C(NC[C@H]1CCOC1)[C@@H]1CCCN(c2cnccn2)C1. The number of rotatable bonds is 4. The van der Waals surface area contributed by atoms with E-state index >= 15 is 0 Å². The maximum Gasteiger partial charge on any atom is 0.224 e. The summed E-state index contributed by atoms with van der Waals surface area (Å²) in [4.78, 5) is 22.9. The number of aromatic nitrogens is 2. The number of nitrogens with zero attached hydrogens (tertiary/aromatic N) is 3. The minimum Gasteiger partial charge on any atom is -0.381 e. The number of anilines is 1. The van der Waals surface area contributed by atoms with Gasteiger partial charge in [0.1, 0.15) is 5.82 Å². The molecule has 6 nitrogen and oxygen atoms in total. The molecule has 2 atom stereocenters. The average molecular weight is 290 g/mol. The zero-order valence-corrected chi connectivity index (χ0v) is 12.2. The number of nitrogens with one attached hydrogen (secondary N) is 1. The largest absolute Gasteiger partial charge is 0.381 e. The highest BCUT2D eigenvalue weighted by atomic mass is 16.5. The van der Waals surface area contributed by atoms with Gasteiger partial charge >= 0.3 is 0 Å². The zero-order chi connectivity index (χ0) is 14.5. The molecule has 0 unspecified atom stereocenters.